The SMILES string of the molecule is Cc1cccc(Nc2nn(CN3CCN(c4ccc(C(F)(F)F)cn4)CC3)c(=S)s2)c1. The molecule has 0 atom stereocenters. The van der Waals surface area contributed by atoms with Crippen LogP contribution in [-0.2, 0) is 12.8 Å². The van der Waals surface area contributed by atoms with Crippen LogP contribution in [0.4, 0.5) is 29.8 Å². The van der Waals surface area contributed by atoms with Crippen molar-refractivity contribution in [2.75, 3.05) is 36.4 Å². The summed E-state index contributed by atoms with van der Waals surface area (Å²) >= 11 is 6.89. The highest BCUT2D eigenvalue weighted by Crippen LogP contribution is 2.29. The lowest BCUT2D eigenvalue weighted by Gasteiger charge is -2.35. The molecule has 0 bridgehead atoms. The highest BCUT2D eigenvalue weighted by molar-refractivity contribution is 7.73. The monoisotopic (exact) mass is 466 g/mol. The molecule has 6 nitrogen and oxygen atoms in total. The van der Waals surface area contributed by atoms with Gasteiger partial charge in [-0.25, -0.2) is 9.67 Å². The van der Waals surface area contributed by atoms with Crippen LogP contribution < -0.4 is 10.2 Å². The van der Waals surface area contributed by atoms with Crippen molar-refractivity contribution in [3.63, 3.8) is 0 Å². The number of nitrogens with zero attached hydrogens (tertiary/aromatic N) is 5. The quantitative estimate of drug-likeness (QED) is 0.539. The predicted octanol–water partition coefficient (Wildman–Crippen LogP) is 4.92. The molecule has 1 aromatic carbocycles. The second-order valence-corrected chi connectivity index (χ2v) is 8.94. The number of hydrogen-bond acceptors (Lipinski definition) is 7. The van der Waals surface area contributed by atoms with E-state index in [1.807, 2.05) is 36.1 Å². The molecule has 11 heteroatoms. The van der Waals surface area contributed by atoms with Gasteiger partial charge in [-0.2, -0.15) is 13.2 Å². The van der Waals surface area contributed by atoms with Crippen molar-refractivity contribution in [1.29, 1.82) is 0 Å². The van der Waals surface area contributed by atoms with Crippen LogP contribution in [0.2, 0.25) is 0 Å². The van der Waals surface area contributed by atoms with E-state index < -0.39 is 11.7 Å². The van der Waals surface area contributed by atoms with Crippen molar-refractivity contribution >= 4 is 40.2 Å². The van der Waals surface area contributed by atoms with Gasteiger partial charge in [0.1, 0.15) is 5.82 Å². The summed E-state index contributed by atoms with van der Waals surface area (Å²) in [6.07, 6.45) is -3.48. The van der Waals surface area contributed by atoms with E-state index >= 15 is 0 Å². The molecular weight excluding hydrogens is 445 g/mol. The van der Waals surface area contributed by atoms with Crippen LogP contribution in [0.1, 0.15) is 11.1 Å². The van der Waals surface area contributed by atoms with Crippen LogP contribution in [-0.4, -0.2) is 45.8 Å². The Labute approximate surface area is 186 Å². The third-order valence-corrected chi connectivity index (χ3v) is 6.20. The molecule has 1 N–H and O–H groups in total. The van der Waals surface area contributed by atoms with Gasteiger partial charge in [-0.1, -0.05) is 23.5 Å². The Morgan fingerprint density at radius 3 is 2.55 bits per heavy atom. The Bertz CT molecular complexity index is 1090. The summed E-state index contributed by atoms with van der Waals surface area (Å²) in [5.41, 5.74) is 1.39. The van der Waals surface area contributed by atoms with Gasteiger partial charge in [0.2, 0.25) is 5.13 Å². The molecule has 1 aliphatic heterocycles. The summed E-state index contributed by atoms with van der Waals surface area (Å²) in [6, 6.07) is 10.6. The van der Waals surface area contributed by atoms with Gasteiger partial charge >= 0.3 is 6.18 Å². The van der Waals surface area contributed by atoms with Crippen LogP contribution in [0.15, 0.2) is 42.6 Å². The number of aromatic nitrogens is 3. The Morgan fingerprint density at radius 2 is 1.90 bits per heavy atom. The van der Waals surface area contributed by atoms with Crippen LogP contribution in [0.25, 0.3) is 0 Å². The number of anilines is 3. The first-order valence-electron chi connectivity index (χ1n) is 9.70. The number of alkyl halides is 3. The zero-order chi connectivity index (χ0) is 22.0. The van der Waals surface area contributed by atoms with Crippen LogP contribution >= 0.6 is 23.6 Å². The molecule has 0 unspecified atom stereocenters. The smallest absolute Gasteiger partial charge is 0.354 e. The van der Waals surface area contributed by atoms with E-state index in [0.717, 1.165) is 41.7 Å². The number of piperazine rings is 1. The van der Waals surface area contributed by atoms with Gasteiger partial charge in [-0.15, -0.1) is 5.10 Å². The molecule has 0 amide bonds. The number of benzene rings is 1. The molecule has 1 saturated heterocycles. The van der Waals surface area contributed by atoms with Crippen molar-refractivity contribution in [2.24, 2.45) is 0 Å². The zero-order valence-electron chi connectivity index (χ0n) is 16.8. The van der Waals surface area contributed by atoms with Gasteiger partial charge in [0.15, 0.2) is 3.95 Å². The summed E-state index contributed by atoms with van der Waals surface area (Å²) in [5.74, 6) is 0.558. The topological polar surface area (TPSA) is 49.2 Å². The van der Waals surface area contributed by atoms with Gasteiger partial charge in [0, 0.05) is 38.1 Å². The molecule has 2 aromatic heterocycles. The van der Waals surface area contributed by atoms with Gasteiger partial charge in [-0.3, -0.25) is 4.90 Å². The van der Waals surface area contributed by atoms with E-state index in [1.54, 1.807) is 4.68 Å². The van der Waals surface area contributed by atoms with E-state index in [4.69, 9.17) is 12.2 Å². The fourth-order valence-electron chi connectivity index (χ4n) is 3.34. The molecule has 31 heavy (non-hydrogen) atoms. The third-order valence-electron chi connectivity index (χ3n) is 4.98. The molecule has 1 aliphatic rings. The zero-order valence-corrected chi connectivity index (χ0v) is 18.4. The first kappa shape index (κ1) is 21.7. The maximum absolute atomic E-state index is 12.7. The minimum atomic E-state index is -4.37. The van der Waals surface area contributed by atoms with E-state index in [1.165, 1.54) is 17.4 Å². The summed E-state index contributed by atoms with van der Waals surface area (Å²) in [6.45, 7) is 5.42. The summed E-state index contributed by atoms with van der Waals surface area (Å²) < 4.78 is 40.6. The number of nitrogens with one attached hydrogen (secondary N) is 1. The fraction of sp³-hybridized carbons (Fsp3) is 0.350. The number of aryl methyl sites for hydroxylation is 1. The lowest BCUT2D eigenvalue weighted by Crippen LogP contribution is -2.47. The number of pyridine rings is 1. The summed E-state index contributed by atoms with van der Waals surface area (Å²) in [4.78, 5) is 8.19. The predicted molar refractivity (Wildman–Crippen MR) is 118 cm³/mol. The minimum Gasteiger partial charge on any atom is -0.354 e. The fourth-order valence-corrected chi connectivity index (χ4v) is 4.35. The highest BCUT2D eigenvalue weighted by Gasteiger charge is 2.31. The molecule has 1 fully saturated rings. The molecule has 3 heterocycles. The lowest BCUT2D eigenvalue weighted by molar-refractivity contribution is -0.137. The average Bonchev–Trinajstić information content (AvgIpc) is 3.06. The van der Waals surface area contributed by atoms with Crippen LogP contribution in [0.3, 0.4) is 0 Å². The molecule has 0 radical (unpaired) electrons. The van der Waals surface area contributed by atoms with Crippen molar-refractivity contribution in [2.45, 2.75) is 19.8 Å². The largest absolute Gasteiger partial charge is 0.417 e. The number of halogens is 3. The van der Waals surface area contributed by atoms with Gasteiger partial charge < -0.3 is 10.2 Å². The minimum absolute atomic E-state index is 0.558. The Morgan fingerprint density at radius 1 is 1.13 bits per heavy atom. The first-order valence-corrected chi connectivity index (χ1v) is 10.9. The van der Waals surface area contributed by atoms with Gasteiger partial charge in [-0.05, 0) is 49.0 Å². The van der Waals surface area contributed by atoms with Crippen molar-refractivity contribution in [3.05, 3.63) is 57.7 Å². The molecule has 0 saturated carbocycles. The standard InChI is InChI=1S/C20H21F3N6S2/c1-14-3-2-4-16(11-14)25-18-26-29(19(30)31-18)13-27-7-9-28(10-8-27)17-6-5-15(12-24-17)20(21,22)23/h2-6,11-12H,7-10,13H2,1H3,(H,25,26). The molecule has 164 valence electrons. The molecule has 4 rings (SSSR count). The van der Waals surface area contributed by atoms with Crippen LogP contribution in [0, 0.1) is 10.9 Å². The van der Waals surface area contributed by atoms with E-state index in [2.05, 4.69) is 20.3 Å². The van der Waals surface area contributed by atoms with Crippen LogP contribution in [0.5, 0.6) is 0 Å². The Kier molecular flexibility index (Phi) is 6.26. The average molecular weight is 467 g/mol. The van der Waals surface area contributed by atoms with E-state index in [-0.39, 0.29) is 0 Å². The van der Waals surface area contributed by atoms with Gasteiger partial charge in [0.25, 0.3) is 0 Å². The van der Waals surface area contributed by atoms with E-state index in [9.17, 15) is 13.2 Å². The van der Waals surface area contributed by atoms with Crippen molar-refractivity contribution < 1.29 is 13.2 Å². The molecule has 0 spiro atoms. The molecule has 0 aliphatic carbocycles. The third kappa shape index (κ3) is 5.41. The van der Waals surface area contributed by atoms with Crippen molar-refractivity contribution in [3.8, 4) is 0 Å². The van der Waals surface area contributed by atoms with Crippen molar-refractivity contribution in [1.82, 2.24) is 19.7 Å². The highest BCUT2D eigenvalue weighted by atomic mass is 32.1. The summed E-state index contributed by atoms with van der Waals surface area (Å²) in [7, 11) is 0. The Balaban J connectivity index is 1.34. The van der Waals surface area contributed by atoms with E-state index in [0.29, 0.717) is 29.5 Å². The second-order valence-electron chi connectivity index (χ2n) is 7.32. The maximum Gasteiger partial charge on any atom is 0.417 e. The summed E-state index contributed by atoms with van der Waals surface area (Å²) in [5, 5.41) is 8.62. The molecular formula is C20H21F3N6S2. The second kappa shape index (κ2) is 8.93. The normalized spacial score (nSPS) is 15.3. The molecule has 3 aromatic rings. The first-order chi connectivity index (χ1) is 14.8. The Hall–Kier alpha value is -2.50. The number of rotatable bonds is 5. The number of hydrogen-bond donors (Lipinski definition) is 1. The lowest BCUT2D eigenvalue weighted by atomic mass is 10.2. The van der Waals surface area contributed by atoms with Gasteiger partial charge in [0.05, 0.1) is 12.2 Å². The maximum atomic E-state index is 12.7.